The number of aliphatic hydroxyl groups is 1. The molecule has 2 rings (SSSR count). The molecule has 0 radical (unpaired) electrons. The monoisotopic (exact) mass is 387 g/mol. The molecule has 7 nitrogen and oxygen atoms in total. The van der Waals surface area contributed by atoms with Gasteiger partial charge in [-0.05, 0) is 38.1 Å². The number of methoxy groups -OCH3 is 1. The fraction of sp³-hybridized carbons (Fsp3) is 0.471. The average molecular weight is 388 g/mol. The average Bonchev–Trinajstić information content (AvgIpc) is 2.85. The second kappa shape index (κ2) is 9.61. The van der Waals surface area contributed by atoms with E-state index in [0.29, 0.717) is 16.9 Å². The number of aliphatic hydroxyl groups excluding tert-OH is 1. The summed E-state index contributed by atoms with van der Waals surface area (Å²) in [4.78, 5) is 23.0. The molecule has 9 heteroatoms. The van der Waals surface area contributed by atoms with Crippen LogP contribution in [0.2, 0.25) is 5.02 Å². The first kappa shape index (κ1) is 22.0. The van der Waals surface area contributed by atoms with Gasteiger partial charge in [0, 0.05) is 24.8 Å². The third-order valence-corrected chi connectivity index (χ3v) is 3.67. The van der Waals surface area contributed by atoms with Gasteiger partial charge in [-0.25, -0.2) is 13.9 Å². The van der Waals surface area contributed by atoms with Gasteiger partial charge in [0.15, 0.2) is 5.82 Å². The van der Waals surface area contributed by atoms with Gasteiger partial charge in [-0.15, -0.1) is 5.10 Å². The highest BCUT2D eigenvalue weighted by Gasteiger charge is 2.29. The number of halogens is 2. The summed E-state index contributed by atoms with van der Waals surface area (Å²) < 4.78 is 20.2. The lowest BCUT2D eigenvalue weighted by molar-refractivity contribution is -0.108. The number of benzene rings is 1. The predicted octanol–water partition coefficient (Wildman–Crippen LogP) is 1.94. The van der Waals surface area contributed by atoms with Gasteiger partial charge in [0.05, 0.1) is 6.54 Å². The molecule has 0 fully saturated rings. The fourth-order valence-corrected chi connectivity index (χ4v) is 2.12. The lowest BCUT2D eigenvalue weighted by Crippen LogP contribution is -2.38. The van der Waals surface area contributed by atoms with Crippen LogP contribution in [0.1, 0.15) is 13.8 Å². The summed E-state index contributed by atoms with van der Waals surface area (Å²) >= 11 is 5.84. The van der Waals surface area contributed by atoms with Crippen molar-refractivity contribution in [2.24, 2.45) is 0 Å². The number of ether oxygens (including phenoxy) is 1. The first-order chi connectivity index (χ1) is 12.1. The van der Waals surface area contributed by atoms with Crippen molar-refractivity contribution in [1.29, 1.82) is 0 Å². The second-order valence-electron chi connectivity index (χ2n) is 6.06. The van der Waals surface area contributed by atoms with Gasteiger partial charge < -0.3 is 14.6 Å². The Kier molecular flexibility index (Phi) is 8.13. The molecule has 1 aromatic carbocycles. The van der Waals surface area contributed by atoms with Gasteiger partial charge in [0.25, 0.3) is 0 Å². The van der Waals surface area contributed by atoms with Crippen LogP contribution in [0, 0.1) is 0 Å². The highest BCUT2D eigenvalue weighted by atomic mass is 35.5. The molecule has 0 bridgehead atoms. The van der Waals surface area contributed by atoms with E-state index in [2.05, 4.69) is 9.84 Å². The van der Waals surface area contributed by atoms with Gasteiger partial charge in [-0.1, -0.05) is 11.6 Å². The number of aromatic nitrogens is 3. The van der Waals surface area contributed by atoms with Crippen molar-refractivity contribution in [3.05, 3.63) is 39.8 Å². The largest absolute Gasteiger partial charge is 0.388 e. The topological polar surface area (TPSA) is 86.4 Å². The van der Waals surface area contributed by atoms with Gasteiger partial charge in [-0.2, -0.15) is 0 Å². The zero-order valence-electron chi connectivity index (χ0n) is 15.1. The Hall–Kier alpha value is -2.03. The number of alkyl halides is 1. The van der Waals surface area contributed by atoms with E-state index in [-0.39, 0.29) is 18.9 Å². The summed E-state index contributed by atoms with van der Waals surface area (Å²) in [5.74, 6) is 0.233. The number of rotatable bonds is 6. The van der Waals surface area contributed by atoms with Crippen molar-refractivity contribution in [3.8, 4) is 11.4 Å². The molecule has 1 atom stereocenters. The van der Waals surface area contributed by atoms with Crippen molar-refractivity contribution >= 4 is 17.9 Å². The third kappa shape index (κ3) is 5.76. The van der Waals surface area contributed by atoms with Crippen LogP contribution in [-0.2, 0) is 22.6 Å². The van der Waals surface area contributed by atoms with Gasteiger partial charge in [0.1, 0.15) is 24.6 Å². The van der Waals surface area contributed by atoms with Crippen molar-refractivity contribution in [2.75, 3.05) is 14.2 Å². The SMILES string of the molecule is CC(C)(F)C(O)Cn1c(-c2ccc(Cl)cc2)nn(CC=O)c1=O.COC. The zero-order chi connectivity index (χ0) is 19.9. The highest BCUT2D eigenvalue weighted by Crippen LogP contribution is 2.21. The number of carbonyl (C=O) groups excluding carboxylic acids is 1. The molecule has 144 valence electrons. The Balaban J connectivity index is 0.00000105. The molecule has 0 aliphatic rings. The van der Waals surface area contributed by atoms with E-state index in [0.717, 1.165) is 9.25 Å². The highest BCUT2D eigenvalue weighted by molar-refractivity contribution is 6.30. The quantitative estimate of drug-likeness (QED) is 0.765. The van der Waals surface area contributed by atoms with Crippen molar-refractivity contribution in [1.82, 2.24) is 14.3 Å². The maximum absolute atomic E-state index is 13.9. The Labute approximate surface area is 156 Å². The smallest absolute Gasteiger partial charge is 0.346 e. The Morgan fingerprint density at radius 2 is 1.88 bits per heavy atom. The summed E-state index contributed by atoms with van der Waals surface area (Å²) in [6, 6.07) is 6.55. The molecule has 0 saturated heterocycles. The minimum Gasteiger partial charge on any atom is -0.388 e. The molecule has 0 saturated carbocycles. The Morgan fingerprint density at radius 3 is 2.35 bits per heavy atom. The molecular weight excluding hydrogens is 365 g/mol. The van der Waals surface area contributed by atoms with E-state index in [1.54, 1.807) is 38.5 Å². The van der Waals surface area contributed by atoms with E-state index in [1.165, 1.54) is 13.8 Å². The molecule has 0 aliphatic heterocycles. The third-order valence-electron chi connectivity index (χ3n) is 3.42. The van der Waals surface area contributed by atoms with Crippen molar-refractivity contribution < 1.29 is 19.0 Å². The summed E-state index contributed by atoms with van der Waals surface area (Å²) in [5.41, 5.74) is -1.91. The molecule has 26 heavy (non-hydrogen) atoms. The molecule has 1 unspecified atom stereocenters. The van der Waals surface area contributed by atoms with Crippen LogP contribution in [0.4, 0.5) is 4.39 Å². The first-order valence-electron chi connectivity index (χ1n) is 7.80. The minimum atomic E-state index is -1.89. The number of hydrogen-bond acceptors (Lipinski definition) is 5. The Morgan fingerprint density at radius 1 is 1.35 bits per heavy atom. The van der Waals surface area contributed by atoms with Crippen LogP contribution in [0.5, 0.6) is 0 Å². The van der Waals surface area contributed by atoms with Gasteiger partial charge in [-0.3, -0.25) is 4.57 Å². The lowest BCUT2D eigenvalue weighted by Gasteiger charge is -2.22. The van der Waals surface area contributed by atoms with E-state index >= 15 is 0 Å². The van der Waals surface area contributed by atoms with Crippen LogP contribution in [-0.4, -0.2) is 51.7 Å². The minimum absolute atomic E-state index is 0.221. The standard InChI is InChI=1S/C15H17ClFN3O3.C2H6O/c1-15(2,17)12(22)9-19-13(10-3-5-11(16)6-4-10)18-20(7-8-21)14(19)23;1-3-2/h3-6,8,12,22H,7,9H2,1-2H3;1-2H3. The Bertz CT molecular complexity index is 766. The summed E-state index contributed by atoms with van der Waals surface area (Å²) in [5, 5.41) is 14.6. The van der Waals surface area contributed by atoms with Crippen molar-refractivity contribution in [2.45, 2.75) is 38.7 Å². The molecule has 1 aromatic heterocycles. The summed E-state index contributed by atoms with van der Waals surface area (Å²) in [6.07, 6.45) is -0.861. The van der Waals surface area contributed by atoms with Crippen LogP contribution in [0.25, 0.3) is 11.4 Å². The molecule has 1 heterocycles. The van der Waals surface area contributed by atoms with Gasteiger partial charge in [0.2, 0.25) is 0 Å². The molecule has 0 amide bonds. The number of carbonyl (C=O) groups is 1. The van der Waals surface area contributed by atoms with E-state index in [4.69, 9.17) is 11.6 Å². The van der Waals surface area contributed by atoms with Gasteiger partial charge >= 0.3 is 5.69 Å². The van der Waals surface area contributed by atoms with Crippen LogP contribution in [0.3, 0.4) is 0 Å². The van der Waals surface area contributed by atoms with E-state index in [9.17, 15) is 19.1 Å². The number of aldehydes is 1. The first-order valence-corrected chi connectivity index (χ1v) is 8.17. The maximum Gasteiger partial charge on any atom is 0.346 e. The molecule has 0 aliphatic carbocycles. The summed E-state index contributed by atoms with van der Waals surface area (Å²) in [6.45, 7) is 1.95. The molecule has 0 spiro atoms. The zero-order valence-corrected chi connectivity index (χ0v) is 15.9. The number of nitrogens with zero attached hydrogens (tertiary/aromatic N) is 3. The van der Waals surface area contributed by atoms with E-state index < -0.39 is 17.5 Å². The predicted molar refractivity (Wildman–Crippen MR) is 97.1 cm³/mol. The summed E-state index contributed by atoms with van der Waals surface area (Å²) in [7, 11) is 3.25. The van der Waals surface area contributed by atoms with E-state index in [1.807, 2.05) is 0 Å². The number of hydrogen-bond donors (Lipinski definition) is 1. The molecular formula is C17H23ClFN3O4. The molecule has 2 aromatic rings. The van der Waals surface area contributed by atoms with Crippen LogP contribution >= 0.6 is 11.6 Å². The lowest BCUT2D eigenvalue weighted by atomic mass is 10.0. The van der Waals surface area contributed by atoms with Crippen LogP contribution < -0.4 is 5.69 Å². The molecule has 1 N–H and O–H groups in total. The normalized spacial score (nSPS) is 12.3. The van der Waals surface area contributed by atoms with Crippen molar-refractivity contribution in [3.63, 3.8) is 0 Å². The fourth-order valence-electron chi connectivity index (χ4n) is 2.00. The maximum atomic E-state index is 13.9. The van der Waals surface area contributed by atoms with Crippen LogP contribution in [0.15, 0.2) is 29.1 Å². The second-order valence-corrected chi connectivity index (χ2v) is 6.50.